The van der Waals surface area contributed by atoms with E-state index in [0.29, 0.717) is 24.1 Å². The summed E-state index contributed by atoms with van der Waals surface area (Å²) in [6, 6.07) is 6.75. The van der Waals surface area contributed by atoms with Crippen LogP contribution in [0, 0.1) is 11.7 Å². The molecule has 0 spiro atoms. The number of hydrogen-bond acceptors (Lipinski definition) is 3. The molecule has 0 aliphatic carbocycles. The van der Waals surface area contributed by atoms with Crippen LogP contribution in [0.1, 0.15) is 41.5 Å². The van der Waals surface area contributed by atoms with Gasteiger partial charge >= 0.3 is 6.18 Å². The third-order valence-corrected chi connectivity index (χ3v) is 5.13. The summed E-state index contributed by atoms with van der Waals surface area (Å²) in [7, 11) is 0. The van der Waals surface area contributed by atoms with Crippen molar-refractivity contribution in [2.45, 2.75) is 32.5 Å². The van der Waals surface area contributed by atoms with Crippen molar-refractivity contribution in [2.24, 2.45) is 5.92 Å². The lowest BCUT2D eigenvalue weighted by molar-refractivity contribution is -0.141. The van der Waals surface area contributed by atoms with Crippen LogP contribution in [-0.4, -0.2) is 52.1 Å². The second-order valence-corrected chi connectivity index (χ2v) is 7.53. The number of aromatic nitrogens is 2. The van der Waals surface area contributed by atoms with Gasteiger partial charge in [0.2, 0.25) is 0 Å². The number of likely N-dealkylation sites (tertiary alicyclic amines) is 1. The van der Waals surface area contributed by atoms with Crippen molar-refractivity contribution in [3.63, 3.8) is 0 Å². The molecule has 29 heavy (non-hydrogen) atoms. The fraction of sp³-hybridized carbons (Fsp3) is 0.500. The Bertz CT molecular complexity index is 836. The van der Waals surface area contributed by atoms with Crippen molar-refractivity contribution in [2.75, 3.05) is 26.2 Å². The maximum Gasteiger partial charge on any atom is 0.435 e. The first-order valence-electron chi connectivity index (χ1n) is 9.61. The van der Waals surface area contributed by atoms with E-state index in [1.165, 1.54) is 11.0 Å². The number of piperidine rings is 1. The van der Waals surface area contributed by atoms with Crippen LogP contribution in [0.3, 0.4) is 0 Å². The van der Waals surface area contributed by atoms with Gasteiger partial charge in [-0.2, -0.15) is 18.3 Å². The summed E-state index contributed by atoms with van der Waals surface area (Å²) in [5.41, 5.74) is -1.11. The summed E-state index contributed by atoms with van der Waals surface area (Å²) >= 11 is 0. The lowest BCUT2D eigenvalue weighted by Crippen LogP contribution is -2.42. The van der Waals surface area contributed by atoms with Crippen molar-refractivity contribution < 1.29 is 22.4 Å². The maximum absolute atomic E-state index is 14.1. The summed E-state index contributed by atoms with van der Waals surface area (Å²) in [6.07, 6.45) is -2.42. The molecule has 2 aromatic rings. The Balaban J connectivity index is 1.76. The molecule has 1 amide bonds. The lowest BCUT2D eigenvalue weighted by Gasteiger charge is -2.33. The highest BCUT2D eigenvalue weighted by Gasteiger charge is 2.35. The number of amides is 1. The molecule has 1 aliphatic heterocycles. The van der Waals surface area contributed by atoms with E-state index < -0.39 is 23.6 Å². The van der Waals surface area contributed by atoms with E-state index in [1.807, 2.05) is 0 Å². The number of benzene rings is 1. The molecule has 1 atom stereocenters. The number of hydrogen-bond donors (Lipinski definition) is 1. The largest absolute Gasteiger partial charge is 0.435 e. The Morgan fingerprint density at radius 1 is 1.34 bits per heavy atom. The quantitative estimate of drug-likeness (QED) is 0.732. The molecular formula is C20H24F4N4O. The normalized spacial score (nSPS) is 18.0. The Labute approximate surface area is 166 Å². The number of carbonyl (C=O) groups excluding carboxylic acids is 1. The average molecular weight is 412 g/mol. The number of nitrogens with zero attached hydrogens (tertiary/aromatic N) is 3. The molecular weight excluding hydrogens is 388 g/mol. The van der Waals surface area contributed by atoms with E-state index in [2.05, 4.69) is 22.0 Å². The Kier molecular flexibility index (Phi) is 6.56. The first-order valence-corrected chi connectivity index (χ1v) is 9.61. The zero-order valence-electron chi connectivity index (χ0n) is 16.2. The molecule has 9 heteroatoms. The van der Waals surface area contributed by atoms with Crippen molar-refractivity contribution in [3.05, 3.63) is 53.1 Å². The molecule has 1 saturated heterocycles. The molecule has 2 heterocycles. The number of alkyl halides is 3. The van der Waals surface area contributed by atoms with Crippen LogP contribution in [0.5, 0.6) is 0 Å². The molecule has 1 aromatic carbocycles. The summed E-state index contributed by atoms with van der Waals surface area (Å²) in [5.74, 6) is -0.541. The standard InChI is InChI=1S/C20H24F4N4O/c1-14-5-4-8-27(12-14)9-10-28(13-15-6-2-3-7-16(15)21)19(29)17-11-18(26-25-17)20(22,23)24/h2-3,6-7,11,14H,4-5,8-10,12-13H2,1H3,(H,25,26). The second kappa shape index (κ2) is 8.94. The Morgan fingerprint density at radius 2 is 2.10 bits per heavy atom. The maximum atomic E-state index is 14.1. The molecule has 3 rings (SSSR count). The Hall–Kier alpha value is -2.42. The van der Waals surface area contributed by atoms with E-state index >= 15 is 0 Å². The molecule has 1 aromatic heterocycles. The van der Waals surface area contributed by atoms with Gasteiger partial charge in [-0.1, -0.05) is 25.1 Å². The minimum absolute atomic E-state index is 0.0325. The van der Waals surface area contributed by atoms with E-state index in [-0.39, 0.29) is 18.8 Å². The highest BCUT2D eigenvalue weighted by atomic mass is 19.4. The van der Waals surface area contributed by atoms with Crippen molar-refractivity contribution in [1.82, 2.24) is 20.0 Å². The first-order chi connectivity index (χ1) is 13.7. The monoisotopic (exact) mass is 412 g/mol. The van der Waals surface area contributed by atoms with Gasteiger partial charge in [-0.25, -0.2) is 4.39 Å². The van der Waals surface area contributed by atoms with Gasteiger partial charge in [0.15, 0.2) is 5.69 Å². The second-order valence-electron chi connectivity index (χ2n) is 7.53. The van der Waals surface area contributed by atoms with E-state index in [9.17, 15) is 22.4 Å². The molecule has 1 fully saturated rings. The van der Waals surface area contributed by atoms with Crippen molar-refractivity contribution in [1.29, 1.82) is 0 Å². The van der Waals surface area contributed by atoms with Crippen LogP contribution in [0.25, 0.3) is 0 Å². The lowest BCUT2D eigenvalue weighted by atomic mass is 10.0. The topological polar surface area (TPSA) is 52.2 Å². The number of carbonyl (C=O) groups is 1. The molecule has 1 N–H and O–H groups in total. The molecule has 1 unspecified atom stereocenters. The number of rotatable bonds is 6. The van der Waals surface area contributed by atoms with Crippen molar-refractivity contribution >= 4 is 5.91 Å². The summed E-state index contributed by atoms with van der Waals surface area (Å²) in [6.45, 7) is 4.80. The smallest absolute Gasteiger partial charge is 0.332 e. The van der Waals surface area contributed by atoms with Crippen LogP contribution >= 0.6 is 0 Å². The predicted molar refractivity (Wildman–Crippen MR) is 99.6 cm³/mol. The fourth-order valence-electron chi connectivity index (χ4n) is 3.58. The molecule has 0 saturated carbocycles. The summed E-state index contributed by atoms with van der Waals surface area (Å²) in [4.78, 5) is 16.5. The third kappa shape index (κ3) is 5.56. The van der Waals surface area contributed by atoms with Gasteiger partial charge in [-0.05, 0) is 31.4 Å². The zero-order valence-corrected chi connectivity index (χ0v) is 16.2. The number of H-pyrrole nitrogens is 1. The molecule has 1 aliphatic rings. The first kappa shape index (κ1) is 21.3. The van der Waals surface area contributed by atoms with E-state index in [4.69, 9.17) is 0 Å². The fourth-order valence-corrected chi connectivity index (χ4v) is 3.58. The van der Waals surface area contributed by atoms with Gasteiger partial charge in [0.05, 0.1) is 0 Å². The molecule has 0 radical (unpaired) electrons. The average Bonchev–Trinajstić information content (AvgIpc) is 3.17. The molecule has 0 bridgehead atoms. The molecule has 5 nitrogen and oxygen atoms in total. The van der Waals surface area contributed by atoms with Gasteiger partial charge in [0, 0.05) is 37.8 Å². The van der Waals surface area contributed by atoms with Crippen LogP contribution in [-0.2, 0) is 12.7 Å². The van der Waals surface area contributed by atoms with Crippen LogP contribution in [0.15, 0.2) is 30.3 Å². The van der Waals surface area contributed by atoms with Gasteiger partial charge in [-0.15, -0.1) is 0 Å². The SMILES string of the molecule is CC1CCCN(CCN(Cc2ccccc2F)C(=O)c2cc(C(F)(F)F)n[nH]2)C1. The summed E-state index contributed by atoms with van der Waals surface area (Å²) < 4.78 is 52.6. The van der Waals surface area contributed by atoms with Crippen molar-refractivity contribution in [3.8, 4) is 0 Å². The minimum atomic E-state index is -4.64. The highest BCUT2D eigenvalue weighted by molar-refractivity contribution is 5.92. The minimum Gasteiger partial charge on any atom is -0.332 e. The third-order valence-electron chi connectivity index (χ3n) is 5.13. The Morgan fingerprint density at radius 3 is 2.76 bits per heavy atom. The van der Waals surface area contributed by atoms with Gasteiger partial charge in [-0.3, -0.25) is 9.89 Å². The van der Waals surface area contributed by atoms with Gasteiger partial charge in [0.1, 0.15) is 11.5 Å². The highest BCUT2D eigenvalue weighted by Crippen LogP contribution is 2.28. The number of aromatic amines is 1. The number of halogens is 4. The van der Waals surface area contributed by atoms with Gasteiger partial charge in [0.25, 0.3) is 5.91 Å². The summed E-state index contributed by atoms with van der Waals surface area (Å²) in [5, 5.41) is 5.36. The predicted octanol–water partition coefficient (Wildman–Crippen LogP) is 3.94. The zero-order chi connectivity index (χ0) is 21.0. The number of nitrogens with one attached hydrogen (secondary N) is 1. The van der Waals surface area contributed by atoms with Gasteiger partial charge < -0.3 is 9.80 Å². The molecule has 158 valence electrons. The van der Waals surface area contributed by atoms with Crippen LogP contribution < -0.4 is 0 Å². The van der Waals surface area contributed by atoms with E-state index in [0.717, 1.165) is 25.9 Å². The van der Waals surface area contributed by atoms with Crippen LogP contribution in [0.2, 0.25) is 0 Å². The van der Waals surface area contributed by atoms with E-state index in [1.54, 1.807) is 18.2 Å². The van der Waals surface area contributed by atoms with Crippen LogP contribution in [0.4, 0.5) is 17.6 Å².